The van der Waals surface area contributed by atoms with E-state index < -0.39 is 0 Å². The van der Waals surface area contributed by atoms with Crippen molar-refractivity contribution in [2.75, 3.05) is 4.90 Å². The molecule has 0 radical (unpaired) electrons. The molecule has 1 aliphatic carbocycles. The molecule has 2 aromatic heterocycles. The summed E-state index contributed by atoms with van der Waals surface area (Å²) in [4.78, 5) is 8.79. The summed E-state index contributed by atoms with van der Waals surface area (Å²) in [6.45, 7) is 0. The van der Waals surface area contributed by atoms with Crippen molar-refractivity contribution in [3.63, 3.8) is 0 Å². The Morgan fingerprint density at radius 1 is 0.533 bits per heavy atom. The second-order valence-corrected chi connectivity index (χ2v) is 12.6. The topological polar surface area (TPSA) is 29.3 Å². The van der Waals surface area contributed by atoms with Crippen LogP contribution in [0.3, 0.4) is 0 Å². The van der Waals surface area contributed by atoms with Crippen molar-refractivity contribution in [3.8, 4) is 32.3 Å². The molecule has 10 rings (SSSR count). The number of hydrogen-bond donors (Lipinski definition) is 0. The molecule has 0 unspecified atom stereocenters. The molecule has 0 spiro atoms. The number of aromatic nitrogens is 1. The maximum atomic E-state index is 6.37. The van der Waals surface area contributed by atoms with Gasteiger partial charge >= 0.3 is 0 Å². The summed E-state index contributed by atoms with van der Waals surface area (Å²) in [6, 6.07) is 51.8. The third-order valence-electron chi connectivity index (χ3n) is 9.02. The van der Waals surface area contributed by atoms with E-state index in [2.05, 4.69) is 138 Å². The molecule has 0 fully saturated rings. The predicted octanol–water partition coefficient (Wildman–Crippen LogP) is 12.1. The Morgan fingerprint density at radius 3 is 2.22 bits per heavy atom. The monoisotopic (exact) mass is 592 g/mol. The molecule has 3 nitrogen and oxygen atoms in total. The highest BCUT2D eigenvalue weighted by molar-refractivity contribution is 7.19. The highest BCUT2D eigenvalue weighted by Gasteiger charge is 2.28. The van der Waals surface area contributed by atoms with Crippen molar-refractivity contribution in [2.24, 2.45) is 0 Å². The van der Waals surface area contributed by atoms with E-state index in [1.807, 2.05) is 12.1 Å². The molecular weight excluding hydrogens is 569 g/mol. The normalized spacial score (nSPS) is 12.0. The van der Waals surface area contributed by atoms with Gasteiger partial charge in [0.25, 0.3) is 0 Å². The van der Waals surface area contributed by atoms with Crippen LogP contribution in [-0.4, -0.2) is 4.98 Å². The number of furan rings is 1. The summed E-state index contributed by atoms with van der Waals surface area (Å²) < 4.78 is 6.37. The van der Waals surface area contributed by atoms with Crippen molar-refractivity contribution < 1.29 is 4.42 Å². The lowest BCUT2D eigenvalue weighted by molar-refractivity contribution is 0.669. The maximum Gasteiger partial charge on any atom is 0.137 e. The van der Waals surface area contributed by atoms with Gasteiger partial charge in [-0.1, -0.05) is 103 Å². The second kappa shape index (κ2) is 9.39. The van der Waals surface area contributed by atoms with Crippen LogP contribution in [0.15, 0.2) is 150 Å². The number of rotatable bonds is 4. The largest absolute Gasteiger partial charge is 0.456 e. The first-order chi connectivity index (χ1) is 22.3. The van der Waals surface area contributed by atoms with Gasteiger partial charge in [0.05, 0.1) is 16.3 Å². The molecular formula is C41H24N2OS. The van der Waals surface area contributed by atoms with Crippen molar-refractivity contribution in [1.29, 1.82) is 0 Å². The molecule has 0 atom stereocenters. The van der Waals surface area contributed by atoms with E-state index in [-0.39, 0.29) is 0 Å². The van der Waals surface area contributed by atoms with Crippen LogP contribution in [0.5, 0.6) is 0 Å². The number of fused-ring (bicyclic) bond motifs is 7. The fourth-order valence-corrected chi connectivity index (χ4v) is 8.08. The van der Waals surface area contributed by atoms with E-state index in [1.165, 1.54) is 37.5 Å². The molecule has 2 heterocycles. The van der Waals surface area contributed by atoms with Gasteiger partial charge in [-0.05, 0) is 47.2 Å². The van der Waals surface area contributed by atoms with Gasteiger partial charge in [-0.3, -0.25) is 0 Å². The Labute approximate surface area is 263 Å². The first-order valence-electron chi connectivity index (χ1n) is 15.1. The van der Waals surface area contributed by atoms with Crippen LogP contribution in [0.4, 0.5) is 17.1 Å². The zero-order valence-electron chi connectivity index (χ0n) is 24.1. The fraction of sp³-hybridized carbons (Fsp3) is 0. The van der Waals surface area contributed by atoms with Crippen molar-refractivity contribution in [3.05, 3.63) is 146 Å². The minimum absolute atomic E-state index is 0.880. The van der Waals surface area contributed by atoms with Crippen LogP contribution in [-0.2, 0) is 0 Å². The van der Waals surface area contributed by atoms with Gasteiger partial charge in [-0.25, -0.2) is 4.98 Å². The third kappa shape index (κ3) is 3.67. The molecule has 0 bridgehead atoms. The second-order valence-electron chi connectivity index (χ2n) is 11.6. The summed E-state index contributed by atoms with van der Waals surface area (Å²) in [5.41, 5.74) is 9.75. The number of nitrogens with zero attached hydrogens (tertiary/aromatic N) is 2. The molecule has 0 amide bonds. The fourth-order valence-electron chi connectivity index (χ4n) is 6.96. The number of anilines is 3. The summed E-state index contributed by atoms with van der Waals surface area (Å²) in [7, 11) is 0. The van der Waals surface area contributed by atoms with Crippen LogP contribution in [0, 0.1) is 0 Å². The maximum absolute atomic E-state index is 6.37. The first kappa shape index (κ1) is 24.7. The lowest BCUT2D eigenvalue weighted by Gasteiger charge is -2.27. The zero-order valence-corrected chi connectivity index (χ0v) is 24.9. The SMILES string of the molecule is c1ccc(-c2nc3c(s2)-c2cccc4c(N(c5ccc6ccccc6c5)c5ccc6c(c5)oc5ccccc56)ccc-3c24)cc1. The number of hydrogen-bond acceptors (Lipinski definition) is 4. The van der Waals surface area contributed by atoms with Crippen LogP contribution >= 0.6 is 11.3 Å². The molecule has 4 heteroatoms. The van der Waals surface area contributed by atoms with E-state index in [1.54, 1.807) is 11.3 Å². The standard InChI is InChI=1S/C41H24N2OS/c1-2-10-26(11-3-1)41-42-39-33-21-22-35(32-14-8-15-34(38(32)33)40(39)45-41)43(28-18-17-25-9-4-5-12-27(25)23-28)29-19-20-31-30-13-6-7-16-36(30)44-37(31)24-29/h1-24H. The number of thiazole rings is 1. The Balaban J connectivity index is 1.20. The van der Waals surface area contributed by atoms with Gasteiger partial charge in [0.1, 0.15) is 16.2 Å². The number of para-hydroxylation sites is 1. The molecule has 0 N–H and O–H groups in total. The molecule has 210 valence electrons. The van der Waals surface area contributed by atoms with Crippen molar-refractivity contribution in [1.82, 2.24) is 4.98 Å². The molecule has 1 aliphatic rings. The smallest absolute Gasteiger partial charge is 0.137 e. The minimum Gasteiger partial charge on any atom is -0.456 e. The molecule has 7 aromatic carbocycles. The van der Waals surface area contributed by atoms with Crippen LogP contribution in [0.25, 0.3) is 75.8 Å². The van der Waals surface area contributed by atoms with E-state index in [0.29, 0.717) is 0 Å². The van der Waals surface area contributed by atoms with E-state index in [4.69, 9.17) is 9.40 Å². The van der Waals surface area contributed by atoms with Gasteiger partial charge in [-0.15, -0.1) is 11.3 Å². The summed E-state index contributed by atoms with van der Waals surface area (Å²) in [6.07, 6.45) is 0. The third-order valence-corrected chi connectivity index (χ3v) is 10.2. The van der Waals surface area contributed by atoms with Gasteiger partial charge in [-0.2, -0.15) is 0 Å². The Bertz CT molecular complexity index is 2590. The lowest BCUT2D eigenvalue weighted by atomic mass is 10.0. The van der Waals surface area contributed by atoms with Crippen molar-refractivity contribution in [2.45, 2.75) is 0 Å². The van der Waals surface area contributed by atoms with Gasteiger partial charge in [0.15, 0.2) is 0 Å². The first-order valence-corrected chi connectivity index (χ1v) is 15.9. The van der Waals surface area contributed by atoms with Crippen LogP contribution in [0.2, 0.25) is 0 Å². The molecule has 0 saturated heterocycles. The van der Waals surface area contributed by atoms with Gasteiger partial charge < -0.3 is 9.32 Å². The zero-order chi connectivity index (χ0) is 29.5. The Morgan fingerprint density at radius 2 is 1.29 bits per heavy atom. The van der Waals surface area contributed by atoms with E-state index in [0.717, 1.165) is 55.3 Å². The van der Waals surface area contributed by atoms with Crippen molar-refractivity contribution >= 4 is 71.9 Å². The number of benzene rings is 7. The summed E-state index contributed by atoms with van der Waals surface area (Å²) >= 11 is 1.78. The average molecular weight is 593 g/mol. The highest BCUT2D eigenvalue weighted by atomic mass is 32.1. The molecule has 0 aliphatic heterocycles. The molecule has 0 saturated carbocycles. The van der Waals surface area contributed by atoms with Crippen LogP contribution in [0.1, 0.15) is 0 Å². The average Bonchev–Trinajstić information content (AvgIpc) is 3.78. The molecule has 9 aromatic rings. The lowest BCUT2D eigenvalue weighted by Crippen LogP contribution is -2.10. The minimum atomic E-state index is 0.880. The summed E-state index contributed by atoms with van der Waals surface area (Å²) in [5, 5.41) is 8.21. The van der Waals surface area contributed by atoms with E-state index >= 15 is 0 Å². The molecule has 45 heavy (non-hydrogen) atoms. The van der Waals surface area contributed by atoms with Gasteiger partial charge in [0, 0.05) is 55.7 Å². The van der Waals surface area contributed by atoms with E-state index in [9.17, 15) is 0 Å². The van der Waals surface area contributed by atoms with Crippen LogP contribution < -0.4 is 4.90 Å². The summed E-state index contributed by atoms with van der Waals surface area (Å²) in [5.74, 6) is 0. The predicted molar refractivity (Wildman–Crippen MR) is 189 cm³/mol. The Kier molecular flexibility index (Phi) is 5.16. The van der Waals surface area contributed by atoms with Gasteiger partial charge in [0.2, 0.25) is 0 Å². The highest BCUT2D eigenvalue weighted by Crippen LogP contribution is 2.54. The Hall–Kier alpha value is -5.71. The quantitative estimate of drug-likeness (QED) is 0.204.